The number of hydrogen-bond donors (Lipinski definition) is 1. The summed E-state index contributed by atoms with van der Waals surface area (Å²) in [6.07, 6.45) is 0.885. The van der Waals surface area contributed by atoms with Gasteiger partial charge in [-0.2, -0.15) is 0 Å². The quantitative estimate of drug-likeness (QED) is 0.766. The highest BCUT2D eigenvalue weighted by Gasteiger charge is 2.18. The fourth-order valence-corrected chi connectivity index (χ4v) is 2.98. The summed E-state index contributed by atoms with van der Waals surface area (Å²) in [6, 6.07) is 9.35. The Kier molecular flexibility index (Phi) is 5.90. The van der Waals surface area contributed by atoms with Gasteiger partial charge in [0.15, 0.2) is 23.0 Å². The van der Waals surface area contributed by atoms with Crippen molar-refractivity contribution in [3.05, 3.63) is 41.5 Å². The van der Waals surface area contributed by atoms with E-state index in [1.807, 2.05) is 18.2 Å². The summed E-state index contributed by atoms with van der Waals surface area (Å²) in [6.45, 7) is 0.775. The van der Waals surface area contributed by atoms with Gasteiger partial charge < -0.3 is 29.0 Å². The van der Waals surface area contributed by atoms with Crippen LogP contribution in [-0.4, -0.2) is 40.6 Å². The van der Waals surface area contributed by atoms with E-state index >= 15 is 0 Å². The maximum atomic E-state index is 12.3. The van der Waals surface area contributed by atoms with Crippen molar-refractivity contribution in [1.29, 1.82) is 0 Å². The van der Waals surface area contributed by atoms with Crippen LogP contribution in [0.15, 0.2) is 30.3 Å². The zero-order chi connectivity index (χ0) is 19.2. The van der Waals surface area contributed by atoms with E-state index in [1.165, 1.54) is 7.11 Å². The van der Waals surface area contributed by atoms with Crippen LogP contribution in [0.25, 0.3) is 0 Å². The molecule has 3 rings (SSSR count). The molecule has 0 atom stereocenters. The van der Waals surface area contributed by atoms with Crippen molar-refractivity contribution in [2.45, 2.75) is 12.8 Å². The molecule has 2 aromatic carbocycles. The zero-order valence-corrected chi connectivity index (χ0v) is 15.7. The Morgan fingerprint density at radius 2 is 1.78 bits per heavy atom. The van der Waals surface area contributed by atoms with E-state index in [0.29, 0.717) is 30.2 Å². The van der Waals surface area contributed by atoms with Crippen molar-refractivity contribution >= 4 is 5.91 Å². The smallest absolute Gasteiger partial charge is 0.231 e. The van der Waals surface area contributed by atoms with Crippen molar-refractivity contribution < 1.29 is 28.5 Å². The van der Waals surface area contributed by atoms with Gasteiger partial charge in [-0.3, -0.25) is 4.79 Å². The predicted octanol–water partition coefficient (Wildman–Crippen LogP) is 2.34. The van der Waals surface area contributed by atoms with Gasteiger partial charge in [-0.1, -0.05) is 12.1 Å². The lowest BCUT2D eigenvalue weighted by atomic mass is 10.1. The summed E-state index contributed by atoms with van der Waals surface area (Å²) in [4.78, 5) is 12.3. The van der Waals surface area contributed by atoms with Gasteiger partial charge in [0.1, 0.15) is 0 Å². The van der Waals surface area contributed by atoms with Crippen LogP contribution in [0.4, 0.5) is 0 Å². The van der Waals surface area contributed by atoms with Gasteiger partial charge in [0.05, 0.1) is 27.8 Å². The molecule has 2 aromatic rings. The first-order chi connectivity index (χ1) is 13.2. The van der Waals surface area contributed by atoms with E-state index in [1.54, 1.807) is 26.4 Å². The van der Waals surface area contributed by atoms with Gasteiger partial charge in [-0.15, -0.1) is 0 Å². The number of benzene rings is 2. The summed E-state index contributed by atoms with van der Waals surface area (Å²) < 4.78 is 26.7. The first kappa shape index (κ1) is 18.7. The topological polar surface area (TPSA) is 75.3 Å². The third-order valence-electron chi connectivity index (χ3n) is 4.31. The van der Waals surface area contributed by atoms with Crippen LogP contribution in [0.2, 0.25) is 0 Å². The van der Waals surface area contributed by atoms with Crippen molar-refractivity contribution in [2.75, 3.05) is 34.7 Å². The monoisotopic (exact) mass is 373 g/mol. The number of rotatable bonds is 8. The number of carbonyl (C=O) groups excluding carboxylic acids is 1. The van der Waals surface area contributed by atoms with Gasteiger partial charge in [-0.25, -0.2) is 0 Å². The first-order valence-electron chi connectivity index (χ1n) is 8.59. The molecule has 1 aliphatic rings. The molecule has 144 valence electrons. The second kappa shape index (κ2) is 8.53. The molecule has 0 spiro atoms. The molecule has 0 bridgehead atoms. The summed E-state index contributed by atoms with van der Waals surface area (Å²) in [5.74, 6) is 2.94. The molecular formula is C20H23NO6. The van der Waals surface area contributed by atoms with E-state index in [-0.39, 0.29) is 19.1 Å². The van der Waals surface area contributed by atoms with Crippen molar-refractivity contribution in [2.24, 2.45) is 0 Å². The van der Waals surface area contributed by atoms with Crippen molar-refractivity contribution in [3.8, 4) is 28.7 Å². The lowest BCUT2D eigenvalue weighted by Crippen LogP contribution is -2.27. The fraction of sp³-hybridized carbons (Fsp3) is 0.350. The molecule has 0 saturated heterocycles. The molecule has 0 radical (unpaired) electrons. The lowest BCUT2D eigenvalue weighted by molar-refractivity contribution is -0.120. The Hall–Kier alpha value is -3.09. The van der Waals surface area contributed by atoms with Crippen LogP contribution < -0.4 is 29.0 Å². The largest absolute Gasteiger partial charge is 0.493 e. The normalized spacial score (nSPS) is 11.8. The van der Waals surface area contributed by atoms with Crippen LogP contribution in [-0.2, 0) is 17.6 Å². The lowest BCUT2D eigenvalue weighted by Gasteiger charge is -2.15. The molecule has 1 aliphatic heterocycles. The number of ether oxygens (including phenoxy) is 5. The Labute approximate surface area is 158 Å². The minimum Gasteiger partial charge on any atom is -0.493 e. The number of carbonyl (C=O) groups is 1. The Balaban J connectivity index is 1.58. The average molecular weight is 373 g/mol. The van der Waals surface area contributed by atoms with E-state index in [4.69, 9.17) is 23.7 Å². The molecule has 27 heavy (non-hydrogen) atoms. The molecule has 1 amide bonds. The SMILES string of the molecule is COc1ccc(CC(=O)NCCc2ccc3c(c2)OCO3)c(OC)c1OC. The van der Waals surface area contributed by atoms with E-state index < -0.39 is 0 Å². The number of hydrogen-bond acceptors (Lipinski definition) is 6. The number of amides is 1. The summed E-state index contributed by atoms with van der Waals surface area (Å²) in [5, 5.41) is 2.93. The van der Waals surface area contributed by atoms with E-state index in [0.717, 1.165) is 22.6 Å². The second-order valence-electron chi connectivity index (χ2n) is 5.96. The maximum Gasteiger partial charge on any atom is 0.231 e. The Bertz CT molecular complexity index is 820. The fourth-order valence-electron chi connectivity index (χ4n) is 2.98. The standard InChI is InChI=1S/C20H23NO6/c1-23-16-7-5-14(19(24-2)20(16)25-3)11-18(22)21-9-8-13-4-6-15-17(10-13)27-12-26-15/h4-7,10H,8-9,11-12H2,1-3H3,(H,21,22). The van der Waals surface area contributed by atoms with Crippen molar-refractivity contribution in [3.63, 3.8) is 0 Å². The Morgan fingerprint density at radius 1 is 1.00 bits per heavy atom. The zero-order valence-electron chi connectivity index (χ0n) is 15.7. The van der Waals surface area contributed by atoms with Crippen LogP contribution in [0.5, 0.6) is 28.7 Å². The summed E-state index contributed by atoms with van der Waals surface area (Å²) in [7, 11) is 4.63. The molecule has 0 unspecified atom stereocenters. The van der Waals surface area contributed by atoms with Gasteiger partial charge in [0, 0.05) is 12.1 Å². The van der Waals surface area contributed by atoms with Crippen LogP contribution in [0.1, 0.15) is 11.1 Å². The highest BCUT2D eigenvalue weighted by molar-refractivity contribution is 5.80. The molecule has 7 nitrogen and oxygen atoms in total. The predicted molar refractivity (Wildman–Crippen MR) is 99.1 cm³/mol. The molecule has 0 aromatic heterocycles. The van der Waals surface area contributed by atoms with Crippen LogP contribution in [0.3, 0.4) is 0 Å². The van der Waals surface area contributed by atoms with Crippen LogP contribution >= 0.6 is 0 Å². The minimum atomic E-state index is -0.0961. The average Bonchev–Trinajstić information content (AvgIpc) is 3.15. The van der Waals surface area contributed by atoms with E-state index in [2.05, 4.69) is 5.32 Å². The number of nitrogens with one attached hydrogen (secondary N) is 1. The molecule has 7 heteroatoms. The third kappa shape index (κ3) is 4.19. The van der Waals surface area contributed by atoms with Crippen molar-refractivity contribution in [1.82, 2.24) is 5.32 Å². The van der Waals surface area contributed by atoms with Gasteiger partial charge >= 0.3 is 0 Å². The number of fused-ring (bicyclic) bond motifs is 1. The number of methoxy groups -OCH3 is 3. The van der Waals surface area contributed by atoms with Gasteiger partial charge in [-0.05, 0) is 30.2 Å². The highest BCUT2D eigenvalue weighted by atomic mass is 16.7. The van der Waals surface area contributed by atoms with Gasteiger partial charge in [0.2, 0.25) is 18.4 Å². The third-order valence-corrected chi connectivity index (χ3v) is 4.31. The molecule has 0 fully saturated rings. The molecule has 0 saturated carbocycles. The Morgan fingerprint density at radius 3 is 2.52 bits per heavy atom. The minimum absolute atomic E-state index is 0.0961. The highest BCUT2D eigenvalue weighted by Crippen LogP contribution is 2.39. The maximum absolute atomic E-state index is 12.3. The van der Waals surface area contributed by atoms with Gasteiger partial charge in [0.25, 0.3) is 0 Å². The molecule has 1 N–H and O–H groups in total. The first-order valence-corrected chi connectivity index (χ1v) is 8.59. The molecule has 1 heterocycles. The summed E-state index contributed by atoms with van der Waals surface area (Å²) in [5.41, 5.74) is 1.80. The van der Waals surface area contributed by atoms with E-state index in [9.17, 15) is 4.79 Å². The molecular weight excluding hydrogens is 350 g/mol. The van der Waals surface area contributed by atoms with Crippen LogP contribution in [0, 0.1) is 0 Å². The summed E-state index contributed by atoms with van der Waals surface area (Å²) >= 11 is 0. The molecule has 0 aliphatic carbocycles. The second-order valence-corrected chi connectivity index (χ2v) is 5.96.